The Bertz CT molecular complexity index is 4260. The minimum absolute atomic E-state index is 0.0343. The molecule has 0 heteroatoms. The lowest BCUT2D eigenvalue weighted by molar-refractivity contribution is 0.591. The molecule has 13 aromatic rings. The molecule has 2 aliphatic carbocycles. The molecule has 0 radical (unpaired) electrons. The molecule has 2 aliphatic rings. The SMILES string of the molecule is CC(C)(C)c1cc2ccc3cc(-c4ccc5c(c4)C4(c6ccccc6-c6ccccc64)c4c-5ccc5c(-c6ccc7ccc8c(C(C)(C)C)ccc9ccc6c7c98)cccc45)cc4ccc(c1)c2c34. The van der Waals surface area contributed by atoms with Crippen LogP contribution >= 0.6 is 0 Å². The first-order valence-corrected chi connectivity index (χ1v) is 24.8. The summed E-state index contributed by atoms with van der Waals surface area (Å²) in [5.41, 5.74) is 18.2. The Hall–Kier alpha value is -7.80. The molecule has 0 unspecified atom stereocenters. The Morgan fingerprint density at radius 2 is 0.783 bits per heavy atom. The van der Waals surface area contributed by atoms with Gasteiger partial charge < -0.3 is 0 Å². The fourth-order valence-corrected chi connectivity index (χ4v) is 13.5. The van der Waals surface area contributed by atoms with Gasteiger partial charge in [0.1, 0.15) is 0 Å². The van der Waals surface area contributed by atoms with Crippen LogP contribution in [0.25, 0.3) is 120 Å². The van der Waals surface area contributed by atoms with Gasteiger partial charge in [-0.3, -0.25) is 0 Å². The second-order valence-electron chi connectivity index (χ2n) is 22.4. The van der Waals surface area contributed by atoms with Gasteiger partial charge in [0.25, 0.3) is 0 Å². The summed E-state index contributed by atoms with van der Waals surface area (Å²) >= 11 is 0. The molecule has 326 valence electrons. The maximum atomic E-state index is 2.55. The van der Waals surface area contributed by atoms with E-state index >= 15 is 0 Å². The van der Waals surface area contributed by atoms with Crippen molar-refractivity contribution in [2.24, 2.45) is 0 Å². The quantitative estimate of drug-likeness (QED) is 0.152. The van der Waals surface area contributed by atoms with Crippen molar-refractivity contribution in [1.29, 1.82) is 0 Å². The molecule has 69 heavy (non-hydrogen) atoms. The van der Waals surface area contributed by atoms with Crippen LogP contribution in [0, 0.1) is 0 Å². The Morgan fingerprint density at radius 3 is 1.43 bits per heavy atom. The molecule has 0 amide bonds. The van der Waals surface area contributed by atoms with E-state index in [4.69, 9.17) is 0 Å². The summed E-state index contributed by atoms with van der Waals surface area (Å²) in [4.78, 5) is 0. The van der Waals surface area contributed by atoms with Crippen LogP contribution in [0.15, 0.2) is 194 Å². The van der Waals surface area contributed by atoms with Gasteiger partial charge in [-0.1, -0.05) is 217 Å². The van der Waals surface area contributed by atoms with Gasteiger partial charge in [-0.25, -0.2) is 0 Å². The number of hydrogen-bond acceptors (Lipinski definition) is 0. The van der Waals surface area contributed by atoms with Crippen LogP contribution in [-0.2, 0) is 16.2 Å². The van der Waals surface area contributed by atoms with E-state index in [0.29, 0.717) is 0 Å². The van der Waals surface area contributed by atoms with Crippen molar-refractivity contribution >= 4 is 75.4 Å². The van der Waals surface area contributed by atoms with Gasteiger partial charge >= 0.3 is 0 Å². The first kappa shape index (κ1) is 39.2. The fourth-order valence-electron chi connectivity index (χ4n) is 13.5. The van der Waals surface area contributed by atoms with Gasteiger partial charge in [-0.2, -0.15) is 0 Å². The molecule has 0 bridgehead atoms. The summed E-state index contributed by atoms with van der Waals surface area (Å²) in [6.45, 7) is 13.9. The van der Waals surface area contributed by atoms with Crippen molar-refractivity contribution < 1.29 is 0 Å². The molecule has 13 aromatic carbocycles. The smallest absolute Gasteiger partial charge is 0.0619 e. The molecule has 0 saturated carbocycles. The third kappa shape index (κ3) is 5.09. The lowest BCUT2D eigenvalue weighted by Gasteiger charge is -2.32. The standard InChI is InChI=1S/C69H50/c1-67(2,3)47-36-44-20-18-42-34-46(35-43-19-21-45(37-47)63(44)62(42)43)41-25-28-53-56-32-31-50-48(49-27-22-39-24-30-57-58(68(4,5)6)33-26-40-23-29-54(49)64(39)65(40)57)14-11-15-55(50)66(56)69(61(53)38-41)59-16-9-7-12-51(59)52-13-8-10-17-60(52)69/h7-38H,1-6H3. The van der Waals surface area contributed by atoms with Crippen molar-refractivity contribution in [3.8, 4) is 44.5 Å². The average molecular weight is 879 g/mol. The summed E-state index contributed by atoms with van der Waals surface area (Å²) < 4.78 is 0. The lowest BCUT2D eigenvalue weighted by atomic mass is 9.69. The minimum atomic E-state index is -0.515. The summed E-state index contributed by atoms with van der Waals surface area (Å²) in [5, 5.41) is 18.6. The van der Waals surface area contributed by atoms with E-state index in [9.17, 15) is 0 Å². The predicted octanol–water partition coefficient (Wildman–Crippen LogP) is 18.9. The molecule has 15 rings (SSSR count). The predicted molar refractivity (Wildman–Crippen MR) is 296 cm³/mol. The third-order valence-corrected chi connectivity index (χ3v) is 16.6. The lowest BCUT2D eigenvalue weighted by Crippen LogP contribution is -2.26. The number of benzene rings is 13. The molecule has 0 nitrogen and oxygen atoms in total. The molecule has 0 fully saturated rings. The van der Waals surface area contributed by atoms with Gasteiger partial charge in [-0.05, 0) is 182 Å². The van der Waals surface area contributed by atoms with Gasteiger partial charge in [0.05, 0.1) is 5.41 Å². The zero-order valence-electron chi connectivity index (χ0n) is 40.0. The van der Waals surface area contributed by atoms with E-state index in [1.165, 1.54) is 153 Å². The van der Waals surface area contributed by atoms with E-state index in [2.05, 4.69) is 236 Å². The van der Waals surface area contributed by atoms with Gasteiger partial charge in [-0.15, -0.1) is 0 Å². The van der Waals surface area contributed by atoms with Crippen LogP contribution in [0.4, 0.5) is 0 Å². The summed E-state index contributed by atoms with van der Waals surface area (Å²) in [6.07, 6.45) is 0. The molecule has 0 heterocycles. The van der Waals surface area contributed by atoms with Crippen LogP contribution in [0.2, 0.25) is 0 Å². The van der Waals surface area contributed by atoms with Gasteiger partial charge in [0, 0.05) is 0 Å². The largest absolute Gasteiger partial charge is 0.0731 e. The van der Waals surface area contributed by atoms with Crippen LogP contribution in [0.1, 0.15) is 74.9 Å². The number of hydrogen-bond donors (Lipinski definition) is 0. The number of rotatable bonds is 2. The highest BCUT2D eigenvalue weighted by Gasteiger charge is 2.52. The topological polar surface area (TPSA) is 0 Å². The molecule has 0 N–H and O–H groups in total. The molecule has 0 aromatic heterocycles. The highest BCUT2D eigenvalue weighted by atomic mass is 14.5. The maximum absolute atomic E-state index is 2.55. The van der Waals surface area contributed by atoms with Crippen molar-refractivity contribution in [1.82, 2.24) is 0 Å². The van der Waals surface area contributed by atoms with E-state index in [1.54, 1.807) is 0 Å². The molecule has 1 spiro atoms. The zero-order valence-corrected chi connectivity index (χ0v) is 40.0. The first-order chi connectivity index (χ1) is 33.5. The van der Waals surface area contributed by atoms with Gasteiger partial charge in [0.2, 0.25) is 0 Å². The average Bonchev–Trinajstić information content (AvgIpc) is 3.83. The second kappa shape index (κ2) is 13.2. The normalized spacial score (nSPS) is 14.1. The Kier molecular flexibility index (Phi) is 7.53. The van der Waals surface area contributed by atoms with E-state index in [0.717, 1.165) is 0 Å². The fraction of sp³-hybridized carbons (Fsp3) is 0.130. The van der Waals surface area contributed by atoms with Crippen molar-refractivity contribution in [3.05, 3.63) is 228 Å². The van der Waals surface area contributed by atoms with E-state index in [-0.39, 0.29) is 10.8 Å². The molecule has 0 saturated heterocycles. The van der Waals surface area contributed by atoms with E-state index in [1.807, 2.05) is 0 Å². The summed E-state index contributed by atoms with van der Waals surface area (Å²) in [7, 11) is 0. The van der Waals surface area contributed by atoms with Gasteiger partial charge in [0.15, 0.2) is 0 Å². The van der Waals surface area contributed by atoms with Crippen molar-refractivity contribution in [2.75, 3.05) is 0 Å². The highest BCUT2D eigenvalue weighted by Crippen LogP contribution is 2.65. The Balaban J connectivity index is 0.974. The molecular weight excluding hydrogens is 829 g/mol. The van der Waals surface area contributed by atoms with Crippen LogP contribution in [-0.4, -0.2) is 0 Å². The molecule has 0 aliphatic heterocycles. The highest BCUT2D eigenvalue weighted by molar-refractivity contribution is 6.27. The Labute approximate surface area is 403 Å². The van der Waals surface area contributed by atoms with Crippen molar-refractivity contribution in [3.63, 3.8) is 0 Å². The molecule has 0 atom stereocenters. The minimum Gasteiger partial charge on any atom is -0.0619 e. The zero-order chi connectivity index (χ0) is 46.3. The van der Waals surface area contributed by atoms with E-state index < -0.39 is 5.41 Å². The number of fused-ring (bicyclic) bond motifs is 12. The maximum Gasteiger partial charge on any atom is 0.0731 e. The summed E-state index contributed by atoms with van der Waals surface area (Å²) in [5.74, 6) is 0. The summed E-state index contributed by atoms with van der Waals surface area (Å²) in [6, 6.07) is 75.7. The first-order valence-electron chi connectivity index (χ1n) is 24.8. The third-order valence-electron chi connectivity index (χ3n) is 16.6. The molecular formula is C69H50. The second-order valence-corrected chi connectivity index (χ2v) is 22.4. The van der Waals surface area contributed by atoms with Crippen molar-refractivity contribution in [2.45, 2.75) is 57.8 Å². The van der Waals surface area contributed by atoms with Crippen LogP contribution in [0.3, 0.4) is 0 Å². The van der Waals surface area contributed by atoms with Crippen LogP contribution < -0.4 is 0 Å². The Morgan fingerprint density at radius 1 is 0.290 bits per heavy atom. The monoisotopic (exact) mass is 878 g/mol. The van der Waals surface area contributed by atoms with Crippen LogP contribution in [0.5, 0.6) is 0 Å².